The van der Waals surface area contributed by atoms with Gasteiger partial charge in [0.15, 0.2) is 0 Å². The predicted molar refractivity (Wildman–Crippen MR) is 76.3 cm³/mol. The number of fused-ring (bicyclic) bond motifs is 1. The standard InChI is InChI=1S/C16H14FNO3/c17-12-6-7-13(14(15(12)18)16(19)20)21-11-5-4-9-2-1-3-10(9)8-11/h4-8H,1-3,18H2,(H,19,20). The van der Waals surface area contributed by atoms with Gasteiger partial charge in [0.25, 0.3) is 0 Å². The highest BCUT2D eigenvalue weighted by molar-refractivity contribution is 5.97. The van der Waals surface area contributed by atoms with Gasteiger partial charge in [0.1, 0.15) is 22.9 Å². The lowest BCUT2D eigenvalue weighted by atomic mass is 10.1. The molecule has 0 heterocycles. The molecule has 0 saturated heterocycles. The lowest BCUT2D eigenvalue weighted by molar-refractivity contribution is 0.0695. The fraction of sp³-hybridized carbons (Fsp3) is 0.188. The second kappa shape index (κ2) is 5.09. The second-order valence-electron chi connectivity index (χ2n) is 5.03. The second-order valence-corrected chi connectivity index (χ2v) is 5.03. The molecule has 0 spiro atoms. The molecule has 0 atom stereocenters. The summed E-state index contributed by atoms with van der Waals surface area (Å²) in [6.07, 6.45) is 3.16. The van der Waals surface area contributed by atoms with Crippen molar-refractivity contribution in [3.63, 3.8) is 0 Å². The van der Waals surface area contributed by atoms with E-state index in [9.17, 15) is 14.3 Å². The molecule has 3 rings (SSSR count). The molecule has 1 aliphatic rings. The Kier molecular flexibility index (Phi) is 3.25. The number of ether oxygens (including phenoxy) is 1. The Labute approximate surface area is 121 Å². The van der Waals surface area contributed by atoms with Crippen LogP contribution in [0.5, 0.6) is 11.5 Å². The third-order valence-corrected chi connectivity index (χ3v) is 3.67. The zero-order valence-corrected chi connectivity index (χ0v) is 11.2. The first-order chi connectivity index (χ1) is 10.1. The molecule has 0 fully saturated rings. The van der Waals surface area contributed by atoms with Gasteiger partial charge in [0.2, 0.25) is 0 Å². The Morgan fingerprint density at radius 1 is 1.19 bits per heavy atom. The SMILES string of the molecule is Nc1c(F)ccc(Oc2ccc3c(c2)CCC3)c1C(=O)O. The topological polar surface area (TPSA) is 72.5 Å². The van der Waals surface area contributed by atoms with Crippen LogP contribution in [0.2, 0.25) is 0 Å². The number of carboxylic acids is 1. The summed E-state index contributed by atoms with van der Waals surface area (Å²) in [6, 6.07) is 8.04. The molecule has 0 aromatic heterocycles. The highest BCUT2D eigenvalue weighted by atomic mass is 19.1. The predicted octanol–water partition coefficient (Wildman–Crippen LogP) is 3.39. The average Bonchev–Trinajstić information content (AvgIpc) is 2.90. The van der Waals surface area contributed by atoms with Crippen LogP contribution in [-0.2, 0) is 12.8 Å². The summed E-state index contributed by atoms with van der Waals surface area (Å²) in [5, 5.41) is 9.18. The summed E-state index contributed by atoms with van der Waals surface area (Å²) in [5.74, 6) is -1.51. The molecule has 2 aromatic carbocycles. The van der Waals surface area contributed by atoms with Crippen molar-refractivity contribution in [2.75, 3.05) is 5.73 Å². The smallest absolute Gasteiger partial charge is 0.341 e. The molecule has 0 radical (unpaired) electrons. The van der Waals surface area contributed by atoms with E-state index in [2.05, 4.69) is 0 Å². The summed E-state index contributed by atoms with van der Waals surface area (Å²) in [5.41, 5.74) is 7.22. The molecule has 0 unspecified atom stereocenters. The zero-order valence-electron chi connectivity index (χ0n) is 11.2. The van der Waals surface area contributed by atoms with Crippen LogP contribution in [0.25, 0.3) is 0 Å². The maximum atomic E-state index is 13.4. The summed E-state index contributed by atoms with van der Waals surface area (Å²) in [4.78, 5) is 11.2. The molecule has 0 aliphatic heterocycles. The van der Waals surface area contributed by atoms with Gasteiger partial charge in [-0.25, -0.2) is 9.18 Å². The van der Waals surface area contributed by atoms with Crippen LogP contribution in [0.4, 0.5) is 10.1 Å². The maximum absolute atomic E-state index is 13.4. The number of benzene rings is 2. The highest BCUT2D eigenvalue weighted by Crippen LogP contribution is 2.33. The van der Waals surface area contributed by atoms with Crippen LogP contribution in [0, 0.1) is 5.82 Å². The van der Waals surface area contributed by atoms with E-state index in [1.165, 1.54) is 17.2 Å². The number of anilines is 1. The first kappa shape index (κ1) is 13.4. The van der Waals surface area contributed by atoms with Gasteiger partial charge in [0.05, 0.1) is 5.69 Å². The van der Waals surface area contributed by atoms with Crippen LogP contribution in [0.1, 0.15) is 27.9 Å². The van der Waals surface area contributed by atoms with Gasteiger partial charge in [-0.3, -0.25) is 0 Å². The van der Waals surface area contributed by atoms with Crippen LogP contribution >= 0.6 is 0 Å². The largest absolute Gasteiger partial charge is 0.477 e. The first-order valence-corrected chi connectivity index (χ1v) is 6.67. The van der Waals surface area contributed by atoms with E-state index in [0.717, 1.165) is 25.3 Å². The van der Waals surface area contributed by atoms with Crippen LogP contribution in [0.3, 0.4) is 0 Å². The molecule has 0 saturated carbocycles. The summed E-state index contributed by atoms with van der Waals surface area (Å²) >= 11 is 0. The zero-order chi connectivity index (χ0) is 15.0. The minimum absolute atomic E-state index is 0.0411. The van der Waals surface area contributed by atoms with E-state index in [0.29, 0.717) is 5.75 Å². The fourth-order valence-electron chi connectivity index (χ4n) is 2.62. The van der Waals surface area contributed by atoms with Crippen molar-refractivity contribution in [1.29, 1.82) is 0 Å². The maximum Gasteiger partial charge on any atom is 0.341 e. The van der Waals surface area contributed by atoms with Gasteiger partial charge in [0, 0.05) is 0 Å². The third kappa shape index (κ3) is 2.42. The number of nitrogen functional groups attached to an aromatic ring is 1. The van der Waals surface area contributed by atoms with Crippen molar-refractivity contribution in [3.8, 4) is 11.5 Å². The van der Waals surface area contributed by atoms with Crippen LogP contribution < -0.4 is 10.5 Å². The number of hydrogen-bond donors (Lipinski definition) is 2. The lowest BCUT2D eigenvalue weighted by Gasteiger charge is -2.12. The highest BCUT2D eigenvalue weighted by Gasteiger charge is 2.20. The number of hydrogen-bond acceptors (Lipinski definition) is 3. The molecule has 5 heteroatoms. The summed E-state index contributed by atoms with van der Waals surface area (Å²) in [6.45, 7) is 0. The van der Waals surface area contributed by atoms with E-state index < -0.39 is 17.5 Å². The van der Waals surface area contributed by atoms with Crippen molar-refractivity contribution in [3.05, 3.63) is 52.8 Å². The minimum Gasteiger partial charge on any atom is -0.477 e. The van der Waals surface area contributed by atoms with Crippen molar-refractivity contribution < 1.29 is 19.0 Å². The quantitative estimate of drug-likeness (QED) is 0.849. The third-order valence-electron chi connectivity index (χ3n) is 3.67. The number of rotatable bonds is 3. The monoisotopic (exact) mass is 287 g/mol. The number of carboxylic acid groups (broad SMARTS) is 1. The Balaban J connectivity index is 1.98. The van der Waals surface area contributed by atoms with Gasteiger partial charge >= 0.3 is 5.97 Å². The molecule has 3 N–H and O–H groups in total. The molecule has 108 valence electrons. The molecular weight excluding hydrogens is 273 g/mol. The van der Waals surface area contributed by atoms with Crippen molar-refractivity contribution in [2.24, 2.45) is 0 Å². The van der Waals surface area contributed by atoms with Crippen molar-refractivity contribution in [2.45, 2.75) is 19.3 Å². The number of nitrogens with two attached hydrogens (primary N) is 1. The van der Waals surface area contributed by atoms with E-state index in [-0.39, 0.29) is 11.3 Å². The molecule has 0 bridgehead atoms. The van der Waals surface area contributed by atoms with E-state index in [1.807, 2.05) is 12.1 Å². The Bertz CT molecular complexity index is 728. The number of aryl methyl sites for hydroxylation is 2. The molecule has 1 aliphatic carbocycles. The Morgan fingerprint density at radius 3 is 2.71 bits per heavy atom. The van der Waals surface area contributed by atoms with Gasteiger partial charge < -0.3 is 15.6 Å². The minimum atomic E-state index is -1.32. The number of halogens is 1. The Hall–Kier alpha value is -2.56. The molecule has 2 aromatic rings. The van der Waals surface area contributed by atoms with Gasteiger partial charge in [-0.1, -0.05) is 6.07 Å². The van der Waals surface area contributed by atoms with E-state index in [4.69, 9.17) is 10.5 Å². The molecular formula is C16H14FNO3. The van der Waals surface area contributed by atoms with Gasteiger partial charge in [-0.05, 0) is 54.7 Å². The molecule has 21 heavy (non-hydrogen) atoms. The van der Waals surface area contributed by atoms with Crippen LogP contribution in [-0.4, -0.2) is 11.1 Å². The van der Waals surface area contributed by atoms with Gasteiger partial charge in [-0.2, -0.15) is 0 Å². The van der Waals surface area contributed by atoms with Crippen molar-refractivity contribution in [1.82, 2.24) is 0 Å². The van der Waals surface area contributed by atoms with Crippen molar-refractivity contribution >= 4 is 11.7 Å². The van der Waals surface area contributed by atoms with Crippen LogP contribution in [0.15, 0.2) is 30.3 Å². The summed E-state index contributed by atoms with van der Waals surface area (Å²) in [7, 11) is 0. The van der Waals surface area contributed by atoms with E-state index >= 15 is 0 Å². The Morgan fingerprint density at radius 2 is 1.95 bits per heavy atom. The normalized spacial score (nSPS) is 13.0. The lowest BCUT2D eigenvalue weighted by Crippen LogP contribution is -2.07. The summed E-state index contributed by atoms with van der Waals surface area (Å²) < 4.78 is 19.0. The fourth-order valence-corrected chi connectivity index (χ4v) is 2.62. The number of aromatic carboxylic acids is 1. The van der Waals surface area contributed by atoms with Gasteiger partial charge in [-0.15, -0.1) is 0 Å². The molecule has 4 nitrogen and oxygen atoms in total. The number of carbonyl (C=O) groups is 1. The van der Waals surface area contributed by atoms with E-state index in [1.54, 1.807) is 6.07 Å². The molecule has 0 amide bonds. The average molecular weight is 287 g/mol. The first-order valence-electron chi connectivity index (χ1n) is 6.67.